The normalized spacial score (nSPS) is 11.1. The molecule has 0 bridgehead atoms. The molecule has 0 aliphatic heterocycles. The molecule has 0 saturated carbocycles. The fourth-order valence-corrected chi connectivity index (χ4v) is 2.22. The molecule has 3 aromatic rings. The van der Waals surface area contributed by atoms with Crippen LogP contribution >= 0.6 is 11.5 Å². The first-order chi connectivity index (χ1) is 7.77. The first-order valence-electron chi connectivity index (χ1n) is 4.66. The monoisotopic (exact) mass is 232 g/mol. The molecule has 0 unspecified atom stereocenters. The van der Waals surface area contributed by atoms with Gasteiger partial charge in [-0.1, -0.05) is 0 Å². The maximum Gasteiger partial charge on any atom is 0.190 e. The Hall–Kier alpha value is -2.02. The van der Waals surface area contributed by atoms with Crippen LogP contribution in [0.25, 0.3) is 17.0 Å². The zero-order chi connectivity index (χ0) is 11.1. The van der Waals surface area contributed by atoms with Gasteiger partial charge in [-0.2, -0.15) is 14.0 Å². The summed E-state index contributed by atoms with van der Waals surface area (Å²) in [5, 5.41) is 13.0. The van der Waals surface area contributed by atoms with Gasteiger partial charge < -0.3 is 5.73 Å². The van der Waals surface area contributed by atoms with Gasteiger partial charge in [0.25, 0.3) is 0 Å². The fraction of sp³-hybridized carbons (Fsp3) is 0.111. The Morgan fingerprint density at radius 3 is 3.00 bits per heavy atom. The van der Waals surface area contributed by atoms with E-state index in [2.05, 4.69) is 19.7 Å². The zero-order valence-corrected chi connectivity index (χ0v) is 9.27. The lowest BCUT2D eigenvalue weighted by atomic mass is 10.2. The van der Waals surface area contributed by atoms with Gasteiger partial charge in [-0.3, -0.25) is 0 Å². The molecular formula is C9H8N6S. The van der Waals surface area contributed by atoms with Crippen molar-refractivity contribution in [3.05, 3.63) is 24.0 Å². The van der Waals surface area contributed by atoms with Gasteiger partial charge in [-0.05, 0) is 30.6 Å². The van der Waals surface area contributed by atoms with E-state index in [4.69, 9.17) is 5.73 Å². The first-order valence-corrected chi connectivity index (χ1v) is 5.43. The molecule has 16 heavy (non-hydrogen) atoms. The number of rotatable bonds is 1. The average Bonchev–Trinajstić information content (AvgIpc) is 2.83. The number of aryl methyl sites for hydroxylation is 1. The van der Waals surface area contributed by atoms with E-state index in [9.17, 15) is 0 Å². The molecule has 0 spiro atoms. The molecule has 0 amide bonds. The molecular weight excluding hydrogens is 224 g/mol. The predicted molar refractivity (Wildman–Crippen MR) is 61.0 cm³/mol. The summed E-state index contributed by atoms with van der Waals surface area (Å²) in [5.74, 6) is 0.638. The first kappa shape index (κ1) is 9.22. The highest BCUT2D eigenvalue weighted by Gasteiger charge is 2.16. The molecule has 0 aliphatic rings. The summed E-state index contributed by atoms with van der Waals surface area (Å²) in [6.07, 6.45) is 1.69. The van der Waals surface area contributed by atoms with Crippen molar-refractivity contribution in [3.63, 3.8) is 0 Å². The van der Waals surface area contributed by atoms with Gasteiger partial charge in [-0.25, -0.2) is 0 Å². The molecule has 0 aromatic carbocycles. The van der Waals surface area contributed by atoms with Gasteiger partial charge in [-0.15, -0.1) is 10.2 Å². The van der Waals surface area contributed by atoms with Crippen LogP contribution in [0.2, 0.25) is 0 Å². The standard InChI is InChI=1S/C9H8N6S/c1-5-7(8(10)16-14-5)9-13-12-6-3-2-4-11-15(6)9/h2-4H,10H2,1H3. The number of hydrogen-bond donors (Lipinski definition) is 1. The second-order valence-electron chi connectivity index (χ2n) is 3.32. The number of hydrogen-bond acceptors (Lipinski definition) is 6. The Morgan fingerprint density at radius 1 is 1.38 bits per heavy atom. The van der Waals surface area contributed by atoms with E-state index in [1.807, 2.05) is 19.1 Å². The van der Waals surface area contributed by atoms with Crippen LogP contribution < -0.4 is 5.73 Å². The lowest BCUT2D eigenvalue weighted by Gasteiger charge is -1.97. The lowest BCUT2D eigenvalue weighted by molar-refractivity contribution is 0.934. The number of nitrogens with zero attached hydrogens (tertiary/aromatic N) is 5. The summed E-state index contributed by atoms with van der Waals surface area (Å²) >= 11 is 1.26. The van der Waals surface area contributed by atoms with E-state index < -0.39 is 0 Å². The van der Waals surface area contributed by atoms with Crippen molar-refractivity contribution < 1.29 is 0 Å². The van der Waals surface area contributed by atoms with Crippen LogP contribution in [0.5, 0.6) is 0 Å². The summed E-state index contributed by atoms with van der Waals surface area (Å²) in [6, 6.07) is 3.66. The quantitative estimate of drug-likeness (QED) is 0.680. The minimum atomic E-state index is 0.637. The molecule has 0 atom stereocenters. The lowest BCUT2D eigenvalue weighted by Crippen LogP contribution is -1.96. The van der Waals surface area contributed by atoms with E-state index in [0.717, 1.165) is 11.3 Å². The van der Waals surface area contributed by atoms with Gasteiger partial charge in [0.1, 0.15) is 5.00 Å². The Labute approximate surface area is 94.9 Å². The minimum Gasteiger partial charge on any atom is -0.389 e. The maximum atomic E-state index is 5.87. The molecule has 7 heteroatoms. The summed E-state index contributed by atoms with van der Waals surface area (Å²) < 4.78 is 5.85. The van der Waals surface area contributed by atoms with Crippen molar-refractivity contribution in [2.24, 2.45) is 0 Å². The fourth-order valence-electron chi connectivity index (χ4n) is 1.56. The van der Waals surface area contributed by atoms with Gasteiger partial charge in [0.15, 0.2) is 11.5 Å². The van der Waals surface area contributed by atoms with Crippen LogP contribution in [0.1, 0.15) is 5.69 Å². The van der Waals surface area contributed by atoms with Crippen LogP contribution in [0.3, 0.4) is 0 Å². The third kappa shape index (κ3) is 1.18. The smallest absolute Gasteiger partial charge is 0.190 e. The molecule has 3 heterocycles. The number of nitrogen functional groups attached to an aromatic ring is 1. The van der Waals surface area contributed by atoms with Gasteiger partial charge >= 0.3 is 0 Å². The molecule has 0 radical (unpaired) electrons. The van der Waals surface area contributed by atoms with Crippen molar-refractivity contribution in [2.75, 3.05) is 5.73 Å². The van der Waals surface area contributed by atoms with Crippen molar-refractivity contribution >= 4 is 22.2 Å². The summed E-state index contributed by atoms with van der Waals surface area (Å²) in [7, 11) is 0. The average molecular weight is 232 g/mol. The van der Waals surface area contributed by atoms with Crippen molar-refractivity contribution in [1.82, 2.24) is 24.2 Å². The van der Waals surface area contributed by atoms with E-state index >= 15 is 0 Å². The van der Waals surface area contributed by atoms with E-state index in [0.29, 0.717) is 16.5 Å². The molecule has 0 fully saturated rings. The highest BCUT2D eigenvalue weighted by Crippen LogP contribution is 2.30. The van der Waals surface area contributed by atoms with Gasteiger partial charge in [0.2, 0.25) is 0 Å². The Bertz CT molecular complexity index is 635. The molecule has 3 rings (SSSR count). The third-order valence-corrected chi connectivity index (χ3v) is 3.06. The highest BCUT2D eigenvalue weighted by molar-refractivity contribution is 7.10. The van der Waals surface area contributed by atoms with Gasteiger partial charge in [0.05, 0.1) is 11.3 Å². The summed E-state index contributed by atoms with van der Waals surface area (Å²) in [5.41, 5.74) is 8.23. The molecule has 0 aliphatic carbocycles. The Morgan fingerprint density at radius 2 is 2.25 bits per heavy atom. The third-order valence-electron chi connectivity index (χ3n) is 2.29. The van der Waals surface area contributed by atoms with Crippen LogP contribution in [0.4, 0.5) is 5.00 Å². The molecule has 80 valence electrons. The number of anilines is 1. The molecule has 6 nitrogen and oxygen atoms in total. The van der Waals surface area contributed by atoms with Gasteiger partial charge in [0, 0.05) is 6.20 Å². The van der Waals surface area contributed by atoms with Crippen molar-refractivity contribution in [1.29, 1.82) is 0 Å². The molecule has 2 N–H and O–H groups in total. The highest BCUT2D eigenvalue weighted by atomic mass is 32.1. The SMILES string of the molecule is Cc1nsc(N)c1-c1nnc2cccnn12. The van der Waals surface area contributed by atoms with Crippen molar-refractivity contribution in [3.8, 4) is 11.4 Å². The zero-order valence-electron chi connectivity index (χ0n) is 8.45. The van der Waals surface area contributed by atoms with Crippen LogP contribution in [0, 0.1) is 6.92 Å². The van der Waals surface area contributed by atoms with Crippen LogP contribution in [-0.4, -0.2) is 24.2 Å². The van der Waals surface area contributed by atoms with E-state index in [1.54, 1.807) is 10.7 Å². The maximum absolute atomic E-state index is 5.87. The summed E-state index contributed by atoms with van der Waals surface area (Å²) in [6.45, 7) is 1.90. The van der Waals surface area contributed by atoms with E-state index in [-0.39, 0.29) is 0 Å². The number of fused-ring (bicyclic) bond motifs is 1. The minimum absolute atomic E-state index is 0.637. The number of nitrogens with two attached hydrogens (primary N) is 1. The van der Waals surface area contributed by atoms with Crippen LogP contribution in [0.15, 0.2) is 18.3 Å². The molecule has 0 saturated heterocycles. The van der Waals surface area contributed by atoms with Crippen molar-refractivity contribution in [2.45, 2.75) is 6.92 Å². The number of aromatic nitrogens is 5. The Balaban J connectivity index is 2.35. The van der Waals surface area contributed by atoms with Crippen LogP contribution in [-0.2, 0) is 0 Å². The second kappa shape index (κ2) is 3.24. The Kier molecular flexibility index (Phi) is 1.87. The van der Waals surface area contributed by atoms with E-state index in [1.165, 1.54) is 11.5 Å². The second-order valence-corrected chi connectivity index (χ2v) is 4.13. The topological polar surface area (TPSA) is 82.0 Å². The largest absolute Gasteiger partial charge is 0.389 e. The molecule has 3 aromatic heterocycles. The summed E-state index contributed by atoms with van der Waals surface area (Å²) in [4.78, 5) is 0. The predicted octanol–water partition coefficient (Wildman–Crippen LogP) is 1.14.